The Balaban J connectivity index is 1.79. The summed E-state index contributed by atoms with van der Waals surface area (Å²) >= 11 is 0. The molecule has 0 fully saturated rings. The zero-order valence-corrected chi connectivity index (χ0v) is 13.2. The number of aliphatic hydroxyl groups excluding tert-OH is 1. The molecule has 1 amide bonds. The van der Waals surface area contributed by atoms with Gasteiger partial charge in [0.15, 0.2) is 0 Å². The van der Waals surface area contributed by atoms with Crippen LogP contribution in [-0.2, 0) is 0 Å². The van der Waals surface area contributed by atoms with Gasteiger partial charge in [0.1, 0.15) is 5.82 Å². The molecule has 3 aromatic rings. The van der Waals surface area contributed by atoms with Crippen LogP contribution in [0, 0.1) is 5.82 Å². The third kappa shape index (κ3) is 3.29. The Morgan fingerprint density at radius 1 is 1.00 bits per heavy atom. The zero-order valence-electron chi connectivity index (χ0n) is 13.2. The van der Waals surface area contributed by atoms with Gasteiger partial charge in [0.25, 0.3) is 5.91 Å². The third-order valence-electron chi connectivity index (χ3n) is 4.08. The lowest BCUT2D eigenvalue weighted by molar-refractivity contribution is 0.0853. The Morgan fingerprint density at radius 2 is 1.67 bits per heavy atom. The molecule has 0 spiro atoms. The summed E-state index contributed by atoms with van der Waals surface area (Å²) in [5.74, 6) is -0.612. The number of benzene rings is 3. The molecule has 0 aliphatic carbocycles. The second-order valence-corrected chi connectivity index (χ2v) is 5.79. The van der Waals surface area contributed by atoms with Crippen molar-refractivity contribution in [3.8, 4) is 0 Å². The smallest absolute Gasteiger partial charge is 0.252 e. The minimum atomic E-state index is -0.912. The average molecular weight is 323 g/mol. The number of hydrogen-bond donors (Lipinski definition) is 2. The van der Waals surface area contributed by atoms with Gasteiger partial charge in [-0.25, -0.2) is 4.39 Å². The molecule has 0 bridgehead atoms. The largest absolute Gasteiger partial charge is 0.386 e. The molecule has 0 heterocycles. The number of halogens is 1. The third-order valence-corrected chi connectivity index (χ3v) is 4.08. The summed E-state index contributed by atoms with van der Waals surface area (Å²) in [5, 5.41) is 15.0. The van der Waals surface area contributed by atoms with Gasteiger partial charge in [-0.1, -0.05) is 48.5 Å². The van der Waals surface area contributed by atoms with E-state index in [0.717, 1.165) is 10.8 Å². The van der Waals surface area contributed by atoms with Crippen molar-refractivity contribution in [3.05, 3.63) is 83.7 Å². The topological polar surface area (TPSA) is 49.3 Å². The monoisotopic (exact) mass is 323 g/mol. The van der Waals surface area contributed by atoms with Gasteiger partial charge in [-0.05, 0) is 41.5 Å². The van der Waals surface area contributed by atoms with Gasteiger partial charge >= 0.3 is 0 Å². The highest BCUT2D eigenvalue weighted by Gasteiger charge is 2.20. The second-order valence-electron chi connectivity index (χ2n) is 5.79. The molecular formula is C20H18FNO2. The average Bonchev–Trinajstić information content (AvgIpc) is 2.61. The van der Waals surface area contributed by atoms with Crippen molar-refractivity contribution >= 4 is 16.7 Å². The van der Waals surface area contributed by atoms with Crippen molar-refractivity contribution in [3.63, 3.8) is 0 Å². The van der Waals surface area contributed by atoms with Crippen LogP contribution in [0.1, 0.15) is 28.9 Å². The van der Waals surface area contributed by atoms with Gasteiger partial charge in [0, 0.05) is 5.56 Å². The predicted molar refractivity (Wildman–Crippen MR) is 92.2 cm³/mol. The van der Waals surface area contributed by atoms with E-state index >= 15 is 0 Å². The highest BCUT2D eigenvalue weighted by molar-refractivity contribution is 6.07. The Labute approximate surface area is 139 Å². The highest BCUT2D eigenvalue weighted by atomic mass is 19.1. The molecule has 2 N–H and O–H groups in total. The number of carbonyl (C=O) groups is 1. The Morgan fingerprint density at radius 3 is 2.42 bits per heavy atom. The summed E-state index contributed by atoms with van der Waals surface area (Å²) < 4.78 is 13.0. The fraction of sp³-hybridized carbons (Fsp3) is 0.150. The van der Waals surface area contributed by atoms with E-state index in [9.17, 15) is 14.3 Å². The van der Waals surface area contributed by atoms with Gasteiger partial charge in [-0.15, -0.1) is 0 Å². The molecule has 2 atom stereocenters. The van der Waals surface area contributed by atoms with E-state index in [0.29, 0.717) is 11.1 Å². The van der Waals surface area contributed by atoms with E-state index in [2.05, 4.69) is 5.32 Å². The zero-order chi connectivity index (χ0) is 17.1. The number of fused-ring (bicyclic) bond motifs is 1. The summed E-state index contributed by atoms with van der Waals surface area (Å²) in [5.41, 5.74) is 1.12. The standard InChI is InChI=1S/C20H18FNO2/c1-13(19(23)15-9-11-16(21)12-10-15)22-20(24)18-8-4-6-14-5-2-3-7-17(14)18/h2-13,19,23H,1H3,(H,22,24). The summed E-state index contributed by atoms with van der Waals surface area (Å²) in [6.07, 6.45) is -0.912. The molecule has 3 nitrogen and oxygen atoms in total. The maximum atomic E-state index is 13.0. The van der Waals surface area contributed by atoms with Gasteiger partial charge in [0.05, 0.1) is 12.1 Å². The number of hydrogen-bond acceptors (Lipinski definition) is 2. The summed E-state index contributed by atoms with van der Waals surface area (Å²) in [6, 6.07) is 18.3. The fourth-order valence-electron chi connectivity index (χ4n) is 2.74. The maximum absolute atomic E-state index is 13.0. The van der Waals surface area contributed by atoms with Crippen molar-refractivity contribution < 1.29 is 14.3 Å². The van der Waals surface area contributed by atoms with Crippen molar-refractivity contribution in [2.24, 2.45) is 0 Å². The first-order valence-electron chi connectivity index (χ1n) is 7.78. The molecule has 0 saturated carbocycles. The minimum Gasteiger partial charge on any atom is -0.386 e. The molecular weight excluding hydrogens is 305 g/mol. The van der Waals surface area contributed by atoms with Crippen molar-refractivity contribution in [1.82, 2.24) is 5.32 Å². The molecule has 3 aromatic carbocycles. The van der Waals surface area contributed by atoms with Gasteiger partial charge < -0.3 is 10.4 Å². The molecule has 24 heavy (non-hydrogen) atoms. The first kappa shape index (κ1) is 16.1. The summed E-state index contributed by atoms with van der Waals surface area (Å²) in [4.78, 5) is 12.6. The van der Waals surface area contributed by atoms with E-state index < -0.39 is 12.1 Å². The quantitative estimate of drug-likeness (QED) is 0.766. The van der Waals surface area contributed by atoms with E-state index in [4.69, 9.17) is 0 Å². The Hall–Kier alpha value is -2.72. The number of rotatable bonds is 4. The van der Waals surface area contributed by atoms with Crippen molar-refractivity contribution in [1.29, 1.82) is 0 Å². The fourth-order valence-corrected chi connectivity index (χ4v) is 2.74. The predicted octanol–water partition coefficient (Wildman–Crippen LogP) is 3.83. The lowest BCUT2D eigenvalue weighted by atomic mass is 10.0. The molecule has 0 aliphatic rings. The van der Waals surface area contributed by atoms with Crippen LogP contribution in [0.5, 0.6) is 0 Å². The van der Waals surface area contributed by atoms with Gasteiger partial charge in [0.2, 0.25) is 0 Å². The maximum Gasteiger partial charge on any atom is 0.252 e. The number of nitrogens with one attached hydrogen (secondary N) is 1. The van der Waals surface area contributed by atoms with Crippen molar-refractivity contribution in [2.75, 3.05) is 0 Å². The number of amides is 1. The second kappa shape index (κ2) is 6.81. The first-order chi connectivity index (χ1) is 11.6. The molecule has 0 aromatic heterocycles. The summed E-state index contributed by atoms with van der Waals surface area (Å²) in [6.45, 7) is 1.72. The lowest BCUT2D eigenvalue weighted by Gasteiger charge is -2.21. The normalized spacial score (nSPS) is 13.5. The van der Waals surface area contributed by atoms with Gasteiger partial charge in [-0.2, -0.15) is 0 Å². The van der Waals surface area contributed by atoms with Crippen LogP contribution in [0.15, 0.2) is 66.7 Å². The van der Waals surface area contributed by atoms with Crippen molar-refractivity contribution in [2.45, 2.75) is 19.1 Å². The SMILES string of the molecule is CC(NC(=O)c1cccc2ccccc12)C(O)c1ccc(F)cc1. The molecule has 122 valence electrons. The van der Waals surface area contributed by atoms with Crippen LogP contribution in [0.2, 0.25) is 0 Å². The van der Waals surface area contributed by atoms with Gasteiger partial charge in [-0.3, -0.25) is 4.79 Å². The molecule has 0 aliphatic heterocycles. The number of aliphatic hydroxyl groups is 1. The van der Waals surface area contributed by atoms with E-state index in [-0.39, 0.29) is 11.7 Å². The van der Waals surface area contributed by atoms with Crippen LogP contribution in [0.4, 0.5) is 4.39 Å². The van der Waals surface area contributed by atoms with Crippen LogP contribution < -0.4 is 5.32 Å². The van der Waals surface area contributed by atoms with Crippen LogP contribution in [0.25, 0.3) is 10.8 Å². The van der Waals surface area contributed by atoms with Crippen LogP contribution in [0.3, 0.4) is 0 Å². The molecule has 4 heteroatoms. The van der Waals surface area contributed by atoms with Crippen LogP contribution >= 0.6 is 0 Å². The van der Waals surface area contributed by atoms with Crippen LogP contribution in [-0.4, -0.2) is 17.1 Å². The highest BCUT2D eigenvalue weighted by Crippen LogP contribution is 2.20. The molecule has 0 saturated heterocycles. The summed E-state index contributed by atoms with van der Waals surface area (Å²) in [7, 11) is 0. The van der Waals surface area contributed by atoms with E-state index in [1.54, 1.807) is 13.0 Å². The molecule has 0 radical (unpaired) electrons. The Bertz CT molecular complexity index is 856. The van der Waals surface area contributed by atoms with E-state index in [1.165, 1.54) is 24.3 Å². The van der Waals surface area contributed by atoms with E-state index in [1.807, 2.05) is 36.4 Å². The molecule has 2 unspecified atom stereocenters. The number of carbonyl (C=O) groups excluding carboxylic acids is 1. The minimum absolute atomic E-state index is 0.250. The first-order valence-corrected chi connectivity index (χ1v) is 7.78. The molecule has 3 rings (SSSR count). The lowest BCUT2D eigenvalue weighted by Crippen LogP contribution is -2.37. The Kier molecular flexibility index (Phi) is 4.58.